The number of carbonyl (C=O) groups excluding carboxylic acids is 1. The van der Waals surface area contributed by atoms with Gasteiger partial charge in [-0.1, -0.05) is 37.1 Å². The van der Waals surface area contributed by atoms with Crippen molar-refractivity contribution in [2.45, 2.75) is 57.3 Å². The van der Waals surface area contributed by atoms with Crippen LogP contribution < -0.4 is 5.32 Å². The maximum Gasteiger partial charge on any atom is 0.241 e. The Hall–Kier alpha value is -1.06. The summed E-state index contributed by atoms with van der Waals surface area (Å²) >= 11 is 5.96. The molecule has 1 heterocycles. The molecule has 3 nitrogen and oxygen atoms in total. The van der Waals surface area contributed by atoms with Gasteiger partial charge < -0.3 is 4.90 Å². The van der Waals surface area contributed by atoms with Crippen LogP contribution in [0, 0.1) is 0 Å². The van der Waals surface area contributed by atoms with E-state index in [9.17, 15) is 4.79 Å². The van der Waals surface area contributed by atoms with Crippen LogP contribution in [0.25, 0.3) is 0 Å². The molecule has 2 fully saturated rings. The van der Waals surface area contributed by atoms with Crippen molar-refractivity contribution < 1.29 is 4.79 Å². The number of amides is 1. The van der Waals surface area contributed by atoms with Gasteiger partial charge in [-0.25, -0.2) is 0 Å². The highest BCUT2D eigenvalue weighted by molar-refractivity contribution is 6.30. The van der Waals surface area contributed by atoms with E-state index in [4.69, 9.17) is 11.6 Å². The molecule has 2 aliphatic rings. The number of nitrogens with zero attached hydrogens (tertiary/aromatic N) is 1. The van der Waals surface area contributed by atoms with Crippen molar-refractivity contribution in [3.63, 3.8) is 0 Å². The summed E-state index contributed by atoms with van der Waals surface area (Å²) in [6, 6.07) is 8.23. The summed E-state index contributed by atoms with van der Waals surface area (Å²) in [4.78, 5) is 14.7. The summed E-state index contributed by atoms with van der Waals surface area (Å²) in [5.74, 6) is 0.275. The van der Waals surface area contributed by atoms with Crippen LogP contribution in [0.4, 0.5) is 0 Å². The molecule has 1 aliphatic heterocycles. The van der Waals surface area contributed by atoms with Crippen LogP contribution in [0.15, 0.2) is 24.3 Å². The molecular formula is C16H21ClN2O. The highest BCUT2D eigenvalue weighted by atomic mass is 35.5. The highest BCUT2D eigenvalue weighted by Gasteiger charge is 2.44. The third-order valence-corrected chi connectivity index (χ3v) is 4.67. The molecule has 20 heavy (non-hydrogen) atoms. The van der Waals surface area contributed by atoms with Crippen molar-refractivity contribution in [2.75, 3.05) is 0 Å². The van der Waals surface area contributed by atoms with Crippen LogP contribution in [0.5, 0.6) is 0 Å². The Labute approximate surface area is 125 Å². The molecule has 1 aromatic rings. The first-order chi connectivity index (χ1) is 9.70. The summed E-state index contributed by atoms with van der Waals surface area (Å²) in [5.41, 5.74) is 1.13. The van der Waals surface area contributed by atoms with Gasteiger partial charge in [-0.3, -0.25) is 10.1 Å². The first-order valence-electron chi connectivity index (χ1n) is 7.54. The van der Waals surface area contributed by atoms with Crippen molar-refractivity contribution in [2.24, 2.45) is 0 Å². The minimum atomic E-state index is -0.0266. The minimum Gasteiger partial charge on any atom is -0.319 e. The van der Waals surface area contributed by atoms with Crippen molar-refractivity contribution >= 4 is 17.5 Å². The van der Waals surface area contributed by atoms with Crippen molar-refractivity contribution in [3.8, 4) is 0 Å². The molecule has 0 aromatic heterocycles. The Bertz CT molecular complexity index is 484. The second-order valence-corrected chi connectivity index (χ2v) is 6.23. The van der Waals surface area contributed by atoms with E-state index in [1.807, 2.05) is 24.3 Å². The fraction of sp³-hybridized carbons (Fsp3) is 0.562. The zero-order chi connectivity index (χ0) is 14.1. The molecule has 1 saturated carbocycles. The van der Waals surface area contributed by atoms with Crippen molar-refractivity contribution in [1.29, 1.82) is 0 Å². The molecule has 1 N–H and O–H groups in total. The number of hydrogen-bond acceptors (Lipinski definition) is 2. The number of carbonyl (C=O) groups is 1. The monoisotopic (exact) mass is 292 g/mol. The van der Waals surface area contributed by atoms with Gasteiger partial charge in [0, 0.05) is 11.1 Å². The van der Waals surface area contributed by atoms with Gasteiger partial charge in [-0.05, 0) is 43.4 Å². The van der Waals surface area contributed by atoms with E-state index in [0.717, 1.165) is 36.3 Å². The summed E-state index contributed by atoms with van der Waals surface area (Å²) < 4.78 is 0. The third kappa shape index (κ3) is 2.45. The van der Waals surface area contributed by atoms with E-state index < -0.39 is 0 Å². The quantitative estimate of drug-likeness (QED) is 0.921. The average Bonchev–Trinajstić information content (AvgIpc) is 2.68. The Morgan fingerprint density at radius 3 is 2.55 bits per heavy atom. The predicted molar refractivity (Wildman–Crippen MR) is 80.5 cm³/mol. The van der Waals surface area contributed by atoms with Gasteiger partial charge in [0.15, 0.2) is 0 Å². The zero-order valence-electron chi connectivity index (χ0n) is 11.8. The Balaban J connectivity index is 1.86. The SMILES string of the molecule is CCCC1NC(c2ccc(Cl)cc2)N(C2CCC2)C1=O. The lowest BCUT2D eigenvalue weighted by molar-refractivity contribution is -0.134. The van der Waals surface area contributed by atoms with E-state index in [1.165, 1.54) is 6.42 Å². The maximum atomic E-state index is 12.6. The molecule has 2 unspecified atom stereocenters. The average molecular weight is 293 g/mol. The molecule has 108 valence electrons. The van der Waals surface area contributed by atoms with E-state index in [0.29, 0.717) is 6.04 Å². The Morgan fingerprint density at radius 1 is 1.30 bits per heavy atom. The van der Waals surface area contributed by atoms with Crippen LogP contribution in [0.1, 0.15) is 50.8 Å². The molecule has 2 atom stereocenters. The van der Waals surface area contributed by atoms with Gasteiger partial charge in [0.2, 0.25) is 5.91 Å². The number of halogens is 1. The molecule has 0 radical (unpaired) electrons. The van der Waals surface area contributed by atoms with Crippen molar-refractivity contribution in [1.82, 2.24) is 10.2 Å². The molecule has 1 saturated heterocycles. The van der Waals surface area contributed by atoms with Crippen molar-refractivity contribution in [3.05, 3.63) is 34.9 Å². The predicted octanol–water partition coefficient (Wildman–Crippen LogP) is 3.49. The highest BCUT2D eigenvalue weighted by Crippen LogP contribution is 2.36. The van der Waals surface area contributed by atoms with E-state index in [1.54, 1.807) is 0 Å². The van der Waals surface area contributed by atoms with Gasteiger partial charge in [-0.2, -0.15) is 0 Å². The minimum absolute atomic E-state index is 0.0154. The molecule has 1 aliphatic carbocycles. The van der Waals surface area contributed by atoms with Crippen LogP contribution in [0.2, 0.25) is 5.02 Å². The number of nitrogens with one attached hydrogen (secondary N) is 1. The van der Waals surface area contributed by atoms with Gasteiger partial charge in [0.05, 0.1) is 6.04 Å². The maximum absolute atomic E-state index is 12.6. The standard InChI is InChI=1S/C16H21ClN2O/c1-2-4-14-16(20)19(13-5-3-6-13)15(18-14)11-7-9-12(17)10-8-11/h7-10,13-15,18H,2-6H2,1H3. The van der Waals surface area contributed by atoms with Gasteiger partial charge >= 0.3 is 0 Å². The number of hydrogen-bond donors (Lipinski definition) is 1. The number of benzene rings is 1. The van der Waals surface area contributed by atoms with Gasteiger partial charge in [0.1, 0.15) is 6.17 Å². The largest absolute Gasteiger partial charge is 0.319 e. The smallest absolute Gasteiger partial charge is 0.241 e. The van der Waals surface area contributed by atoms with Gasteiger partial charge in [0.25, 0.3) is 0 Å². The summed E-state index contributed by atoms with van der Waals surface area (Å²) in [7, 11) is 0. The van der Waals surface area contributed by atoms with Crippen LogP contribution in [0.3, 0.4) is 0 Å². The van der Waals surface area contributed by atoms with Crippen LogP contribution in [-0.4, -0.2) is 22.9 Å². The normalized spacial score (nSPS) is 26.9. The number of rotatable bonds is 4. The lowest BCUT2D eigenvalue weighted by atomic mass is 9.90. The molecule has 3 rings (SSSR count). The second kappa shape index (κ2) is 5.74. The van der Waals surface area contributed by atoms with Gasteiger partial charge in [-0.15, -0.1) is 0 Å². The summed E-state index contributed by atoms with van der Waals surface area (Å²) in [6.07, 6.45) is 5.45. The molecular weight excluding hydrogens is 272 g/mol. The van der Waals surface area contributed by atoms with Crippen LogP contribution >= 0.6 is 11.6 Å². The van der Waals surface area contributed by atoms with Crippen LogP contribution in [-0.2, 0) is 4.79 Å². The Kier molecular flexibility index (Phi) is 3.99. The molecule has 1 aromatic carbocycles. The lowest BCUT2D eigenvalue weighted by Crippen LogP contribution is -2.44. The van der Waals surface area contributed by atoms with E-state index in [2.05, 4.69) is 17.1 Å². The van der Waals surface area contributed by atoms with E-state index in [-0.39, 0.29) is 18.1 Å². The fourth-order valence-corrected chi connectivity index (χ4v) is 3.23. The molecule has 0 spiro atoms. The topological polar surface area (TPSA) is 32.3 Å². The molecule has 0 bridgehead atoms. The summed E-state index contributed by atoms with van der Waals surface area (Å²) in [6.45, 7) is 2.12. The lowest BCUT2D eigenvalue weighted by Gasteiger charge is -2.38. The zero-order valence-corrected chi connectivity index (χ0v) is 12.6. The third-order valence-electron chi connectivity index (χ3n) is 4.42. The molecule has 4 heteroatoms. The first-order valence-corrected chi connectivity index (χ1v) is 7.92. The summed E-state index contributed by atoms with van der Waals surface area (Å²) in [5, 5.41) is 4.24. The molecule has 1 amide bonds. The second-order valence-electron chi connectivity index (χ2n) is 5.79. The van der Waals surface area contributed by atoms with E-state index >= 15 is 0 Å². The fourth-order valence-electron chi connectivity index (χ4n) is 3.10. The Morgan fingerprint density at radius 2 is 2.00 bits per heavy atom. The first kappa shape index (κ1) is 13.9.